The summed E-state index contributed by atoms with van der Waals surface area (Å²) in [5, 5.41) is 11.1. The molecule has 0 aromatic heterocycles. The number of hydrogen-bond donors (Lipinski definition) is 2. The van der Waals surface area contributed by atoms with E-state index in [2.05, 4.69) is 5.32 Å². The fraction of sp³-hybridized carbons (Fsp3) is 0.778. The van der Waals surface area contributed by atoms with Crippen molar-refractivity contribution in [3.05, 3.63) is 0 Å². The number of rotatable bonds is 7. The number of carbonyl (C=O) groups excluding carboxylic acids is 1. The molecular weight excluding hydrogens is 202 g/mol. The summed E-state index contributed by atoms with van der Waals surface area (Å²) >= 11 is 1.70. The Morgan fingerprint density at radius 3 is 2.64 bits per heavy atom. The van der Waals surface area contributed by atoms with Crippen LogP contribution in [0.3, 0.4) is 0 Å². The van der Waals surface area contributed by atoms with Crippen LogP contribution in [0, 0.1) is 5.92 Å². The maximum atomic E-state index is 11.1. The van der Waals surface area contributed by atoms with Crippen LogP contribution in [0.25, 0.3) is 0 Å². The second kappa shape index (κ2) is 7.67. The first-order valence-electron chi connectivity index (χ1n) is 4.56. The molecule has 0 aromatic rings. The molecule has 14 heavy (non-hydrogen) atoms. The average molecular weight is 219 g/mol. The van der Waals surface area contributed by atoms with Gasteiger partial charge in [-0.25, -0.2) is 0 Å². The Balaban J connectivity index is 3.48. The monoisotopic (exact) mass is 219 g/mol. The van der Waals surface area contributed by atoms with Crippen molar-refractivity contribution in [2.75, 3.05) is 18.6 Å². The minimum Gasteiger partial charge on any atom is -0.481 e. The Morgan fingerprint density at radius 2 is 2.14 bits per heavy atom. The summed E-state index contributed by atoms with van der Waals surface area (Å²) in [4.78, 5) is 21.5. The zero-order chi connectivity index (χ0) is 11.0. The lowest BCUT2D eigenvalue weighted by atomic mass is 10.2. The third-order valence-electron chi connectivity index (χ3n) is 1.78. The van der Waals surface area contributed by atoms with E-state index in [4.69, 9.17) is 5.11 Å². The van der Waals surface area contributed by atoms with Crippen molar-refractivity contribution in [2.45, 2.75) is 19.8 Å². The number of carboxylic acid groups (broad SMARTS) is 1. The normalized spacial score (nSPS) is 12.1. The molecule has 82 valence electrons. The van der Waals surface area contributed by atoms with E-state index < -0.39 is 11.9 Å². The predicted octanol–water partition coefficient (Wildman–Crippen LogP) is 0.967. The second-order valence-corrected chi connectivity index (χ2v) is 4.13. The highest BCUT2D eigenvalue weighted by atomic mass is 32.2. The van der Waals surface area contributed by atoms with Gasteiger partial charge >= 0.3 is 5.97 Å². The van der Waals surface area contributed by atoms with Gasteiger partial charge in [0.15, 0.2) is 0 Å². The molecular formula is C9H17NO3S. The second-order valence-electron chi connectivity index (χ2n) is 3.14. The van der Waals surface area contributed by atoms with Gasteiger partial charge in [-0.3, -0.25) is 9.59 Å². The lowest BCUT2D eigenvalue weighted by molar-refractivity contribution is -0.141. The van der Waals surface area contributed by atoms with Crippen LogP contribution in [-0.4, -0.2) is 35.5 Å². The van der Waals surface area contributed by atoms with Crippen LogP contribution in [0.4, 0.5) is 0 Å². The first kappa shape index (κ1) is 13.3. The van der Waals surface area contributed by atoms with Gasteiger partial charge in [-0.15, -0.1) is 0 Å². The summed E-state index contributed by atoms with van der Waals surface area (Å²) in [6.45, 7) is 1.79. The molecule has 4 nitrogen and oxygen atoms in total. The van der Waals surface area contributed by atoms with Gasteiger partial charge in [0.05, 0.1) is 5.92 Å². The van der Waals surface area contributed by atoms with Crippen molar-refractivity contribution < 1.29 is 14.7 Å². The van der Waals surface area contributed by atoms with E-state index >= 15 is 0 Å². The van der Waals surface area contributed by atoms with Crippen LogP contribution >= 0.6 is 11.8 Å². The summed E-state index contributed by atoms with van der Waals surface area (Å²) in [6, 6.07) is 0. The molecule has 1 atom stereocenters. The number of thioether (sulfide) groups is 1. The van der Waals surface area contributed by atoms with Gasteiger partial charge in [0.2, 0.25) is 5.91 Å². The molecule has 2 N–H and O–H groups in total. The van der Waals surface area contributed by atoms with Gasteiger partial charge in [-0.05, 0) is 18.4 Å². The van der Waals surface area contributed by atoms with Crippen LogP contribution in [0.5, 0.6) is 0 Å². The topological polar surface area (TPSA) is 66.4 Å². The first-order valence-corrected chi connectivity index (χ1v) is 5.95. The number of nitrogens with one attached hydrogen (secondary N) is 1. The molecule has 0 spiro atoms. The summed E-state index contributed by atoms with van der Waals surface area (Å²) in [5.41, 5.74) is 0. The van der Waals surface area contributed by atoms with Gasteiger partial charge in [-0.1, -0.05) is 6.92 Å². The van der Waals surface area contributed by atoms with Gasteiger partial charge < -0.3 is 10.4 Å². The highest BCUT2D eigenvalue weighted by Crippen LogP contribution is 1.99. The number of amides is 1. The Kier molecular flexibility index (Phi) is 7.28. The molecule has 5 heteroatoms. The quantitative estimate of drug-likeness (QED) is 0.626. The minimum atomic E-state index is -0.880. The molecule has 1 unspecified atom stereocenters. The van der Waals surface area contributed by atoms with E-state index in [1.165, 1.54) is 0 Å². The highest BCUT2D eigenvalue weighted by Gasteiger charge is 2.11. The maximum Gasteiger partial charge on any atom is 0.308 e. The molecule has 0 heterocycles. The molecule has 0 aromatic carbocycles. The van der Waals surface area contributed by atoms with E-state index in [9.17, 15) is 9.59 Å². The molecule has 0 aliphatic rings. The van der Waals surface area contributed by atoms with Gasteiger partial charge in [-0.2, -0.15) is 11.8 Å². The number of carboxylic acids is 1. The minimum absolute atomic E-state index is 0.0628. The van der Waals surface area contributed by atoms with Gasteiger partial charge in [0.25, 0.3) is 0 Å². The van der Waals surface area contributed by atoms with Crippen molar-refractivity contribution in [2.24, 2.45) is 5.92 Å². The zero-order valence-corrected chi connectivity index (χ0v) is 9.39. The first-order chi connectivity index (χ1) is 6.57. The van der Waals surface area contributed by atoms with Crippen molar-refractivity contribution in [1.82, 2.24) is 5.32 Å². The highest BCUT2D eigenvalue weighted by molar-refractivity contribution is 7.98. The maximum absolute atomic E-state index is 11.1. The summed E-state index contributed by atoms with van der Waals surface area (Å²) in [5.74, 6) is -0.497. The number of hydrogen-bond acceptors (Lipinski definition) is 3. The van der Waals surface area contributed by atoms with E-state index in [1.54, 1.807) is 18.7 Å². The molecule has 0 saturated heterocycles. The Labute approximate surface area is 88.4 Å². The molecule has 0 aliphatic heterocycles. The van der Waals surface area contributed by atoms with Gasteiger partial charge in [0, 0.05) is 13.0 Å². The average Bonchev–Trinajstić information content (AvgIpc) is 2.14. The van der Waals surface area contributed by atoms with Crippen molar-refractivity contribution in [3.63, 3.8) is 0 Å². The third kappa shape index (κ3) is 6.77. The summed E-state index contributed by atoms with van der Waals surface area (Å²) in [7, 11) is 0. The SMILES string of the molecule is CSCCCC(=O)NCC(C)C(=O)O. The molecule has 0 aliphatic carbocycles. The summed E-state index contributed by atoms with van der Waals surface area (Å²) in [6.07, 6.45) is 3.31. The van der Waals surface area contributed by atoms with Crippen LogP contribution in [0.15, 0.2) is 0 Å². The molecule has 0 rings (SSSR count). The molecule has 1 amide bonds. The predicted molar refractivity (Wildman–Crippen MR) is 57.4 cm³/mol. The van der Waals surface area contributed by atoms with Crippen molar-refractivity contribution >= 4 is 23.6 Å². The molecule has 0 fully saturated rings. The van der Waals surface area contributed by atoms with E-state index in [0.717, 1.165) is 12.2 Å². The van der Waals surface area contributed by atoms with Crippen LogP contribution in [-0.2, 0) is 9.59 Å². The van der Waals surface area contributed by atoms with E-state index in [0.29, 0.717) is 6.42 Å². The van der Waals surface area contributed by atoms with Crippen molar-refractivity contribution in [1.29, 1.82) is 0 Å². The Morgan fingerprint density at radius 1 is 1.50 bits per heavy atom. The summed E-state index contributed by atoms with van der Waals surface area (Å²) < 4.78 is 0. The standard InChI is InChI=1S/C9H17NO3S/c1-7(9(12)13)6-10-8(11)4-3-5-14-2/h7H,3-6H2,1-2H3,(H,10,11)(H,12,13). The van der Waals surface area contributed by atoms with E-state index in [-0.39, 0.29) is 12.5 Å². The largest absolute Gasteiger partial charge is 0.481 e. The smallest absolute Gasteiger partial charge is 0.308 e. The Hall–Kier alpha value is -0.710. The lowest BCUT2D eigenvalue weighted by Gasteiger charge is -2.07. The van der Waals surface area contributed by atoms with Crippen LogP contribution in [0.1, 0.15) is 19.8 Å². The van der Waals surface area contributed by atoms with Gasteiger partial charge in [0.1, 0.15) is 0 Å². The molecule has 0 saturated carbocycles. The number of carbonyl (C=O) groups is 2. The van der Waals surface area contributed by atoms with Crippen LogP contribution < -0.4 is 5.32 Å². The fourth-order valence-electron chi connectivity index (χ4n) is 0.820. The fourth-order valence-corrected chi connectivity index (χ4v) is 1.25. The molecule has 0 bridgehead atoms. The zero-order valence-electron chi connectivity index (χ0n) is 8.58. The Bertz CT molecular complexity index is 196. The van der Waals surface area contributed by atoms with Crippen molar-refractivity contribution in [3.8, 4) is 0 Å². The van der Waals surface area contributed by atoms with Crippen LogP contribution in [0.2, 0.25) is 0 Å². The molecule has 0 radical (unpaired) electrons. The third-order valence-corrected chi connectivity index (χ3v) is 2.48. The number of aliphatic carboxylic acids is 1. The van der Waals surface area contributed by atoms with E-state index in [1.807, 2.05) is 6.26 Å². The lowest BCUT2D eigenvalue weighted by Crippen LogP contribution is -2.31.